The molecule has 1 aromatic heterocycles. The van der Waals surface area contributed by atoms with Crippen molar-refractivity contribution in [3.05, 3.63) is 6.07 Å². The molecule has 5 nitrogen and oxygen atoms in total. The second-order valence-electron chi connectivity index (χ2n) is 5.10. The normalized spacial score (nSPS) is 11.7. The molecule has 0 spiro atoms. The highest BCUT2D eigenvalue weighted by Crippen LogP contribution is 2.20. The van der Waals surface area contributed by atoms with E-state index in [1.807, 2.05) is 33.3 Å². The lowest BCUT2D eigenvalue weighted by molar-refractivity contribution is 0.110. The van der Waals surface area contributed by atoms with Crippen LogP contribution in [0.5, 0.6) is 5.88 Å². The fraction of sp³-hybridized carbons (Fsp3) is 0.692. The Hall–Kier alpha value is -1.01. The maximum Gasteiger partial charge on any atom is 0.219 e. The van der Waals surface area contributed by atoms with E-state index in [1.165, 1.54) is 11.8 Å². The van der Waals surface area contributed by atoms with Crippen LogP contribution in [-0.2, 0) is 0 Å². The maximum atomic E-state index is 5.82. The monoisotopic (exact) mass is 284 g/mol. The van der Waals surface area contributed by atoms with E-state index in [0.717, 1.165) is 17.5 Å². The third-order valence-electron chi connectivity index (χ3n) is 3.01. The summed E-state index contributed by atoms with van der Waals surface area (Å²) in [7, 11) is 4.08. The van der Waals surface area contributed by atoms with Crippen LogP contribution in [0.3, 0.4) is 0 Å². The molecule has 1 aromatic rings. The van der Waals surface area contributed by atoms with Gasteiger partial charge in [0.1, 0.15) is 12.4 Å². The second kappa shape index (κ2) is 6.96. The summed E-state index contributed by atoms with van der Waals surface area (Å²) in [6.45, 7) is 7.71. The summed E-state index contributed by atoms with van der Waals surface area (Å²) in [4.78, 5) is 10.9. The molecule has 1 rings (SSSR count). The molecule has 0 saturated heterocycles. The van der Waals surface area contributed by atoms with Crippen LogP contribution < -0.4 is 10.1 Å². The van der Waals surface area contributed by atoms with Crippen LogP contribution >= 0.6 is 11.8 Å². The standard InChI is InChI=1S/C13H24N4OS/c1-7-14-10-8-11(16-12(15-10)19-6)18-9-13(2,3)17(4)5/h8H,7,9H2,1-6H3,(H,14,15,16). The summed E-state index contributed by atoms with van der Waals surface area (Å²) in [5, 5.41) is 3.91. The molecule has 0 bridgehead atoms. The number of hydrogen-bond acceptors (Lipinski definition) is 6. The third kappa shape index (κ3) is 4.87. The van der Waals surface area contributed by atoms with Gasteiger partial charge in [-0.1, -0.05) is 11.8 Å². The van der Waals surface area contributed by atoms with Crippen molar-refractivity contribution in [3.8, 4) is 5.88 Å². The Balaban J connectivity index is 2.80. The molecule has 0 radical (unpaired) electrons. The van der Waals surface area contributed by atoms with Gasteiger partial charge in [-0.3, -0.25) is 0 Å². The van der Waals surface area contributed by atoms with E-state index in [1.54, 1.807) is 0 Å². The van der Waals surface area contributed by atoms with Gasteiger partial charge in [0, 0.05) is 18.2 Å². The van der Waals surface area contributed by atoms with E-state index in [-0.39, 0.29) is 5.54 Å². The SMILES string of the molecule is CCNc1cc(OCC(C)(C)N(C)C)nc(SC)n1. The van der Waals surface area contributed by atoms with Crippen molar-refractivity contribution in [2.24, 2.45) is 0 Å². The summed E-state index contributed by atoms with van der Waals surface area (Å²) in [6.07, 6.45) is 1.96. The molecule has 19 heavy (non-hydrogen) atoms. The smallest absolute Gasteiger partial charge is 0.219 e. The summed E-state index contributed by atoms with van der Waals surface area (Å²) in [6, 6.07) is 1.84. The van der Waals surface area contributed by atoms with Crippen LogP contribution in [0.1, 0.15) is 20.8 Å². The van der Waals surface area contributed by atoms with Crippen LogP contribution in [0.25, 0.3) is 0 Å². The highest BCUT2D eigenvalue weighted by Gasteiger charge is 2.21. The lowest BCUT2D eigenvalue weighted by atomic mass is 10.1. The van der Waals surface area contributed by atoms with E-state index in [4.69, 9.17) is 4.74 Å². The van der Waals surface area contributed by atoms with Crippen molar-refractivity contribution in [1.29, 1.82) is 0 Å². The van der Waals surface area contributed by atoms with Gasteiger partial charge in [0.15, 0.2) is 5.16 Å². The zero-order valence-electron chi connectivity index (χ0n) is 12.6. The van der Waals surface area contributed by atoms with Crippen molar-refractivity contribution in [3.63, 3.8) is 0 Å². The highest BCUT2D eigenvalue weighted by atomic mass is 32.2. The average molecular weight is 284 g/mol. The molecule has 0 amide bonds. The van der Waals surface area contributed by atoms with Gasteiger partial charge in [-0.05, 0) is 41.1 Å². The van der Waals surface area contributed by atoms with E-state index >= 15 is 0 Å². The fourth-order valence-electron chi connectivity index (χ4n) is 1.22. The van der Waals surface area contributed by atoms with E-state index in [2.05, 4.69) is 34.0 Å². The number of ether oxygens (including phenoxy) is 1. The zero-order valence-corrected chi connectivity index (χ0v) is 13.5. The molecule has 1 heterocycles. The first-order valence-corrected chi connectivity index (χ1v) is 7.58. The molecular weight excluding hydrogens is 260 g/mol. The van der Waals surface area contributed by atoms with Crippen molar-refractivity contribution in [2.75, 3.05) is 38.8 Å². The first kappa shape index (κ1) is 16.0. The summed E-state index contributed by atoms with van der Waals surface area (Å²) in [5.74, 6) is 1.42. The number of likely N-dealkylation sites (N-methyl/N-ethyl adjacent to an activating group) is 1. The predicted molar refractivity (Wildman–Crippen MR) is 81.2 cm³/mol. The molecule has 0 aliphatic heterocycles. The minimum absolute atomic E-state index is 0.0389. The van der Waals surface area contributed by atoms with Crippen molar-refractivity contribution >= 4 is 17.6 Å². The molecule has 0 unspecified atom stereocenters. The molecular formula is C13H24N4OS. The molecule has 0 fully saturated rings. The molecule has 6 heteroatoms. The molecule has 0 atom stereocenters. The number of rotatable bonds is 7. The average Bonchev–Trinajstić information content (AvgIpc) is 2.36. The number of anilines is 1. The molecule has 1 N–H and O–H groups in total. The lowest BCUT2D eigenvalue weighted by Gasteiger charge is -2.31. The quantitative estimate of drug-likeness (QED) is 0.613. The van der Waals surface area contributed by atoms with Crippen LogP contribution in [-0.4, -0.2) is 53.9 Å². The Morgan fingerprint density at radius 3 is 2.58 bits per heavy atom. The Labute approximate surface area is 120 Å². The topological polar surface area (TPSA) is 50.3 Å². The van der Waals surface area contributed by atoms with Crippen molar-refractivity contribution in [1.82, 2.24) is 14.9 Å². The summed E-state index contributed by atoms with van der Waals surface area (Å²) >= 11 is 1.51. The second-order valence-corrected chi connectivity index (χ2v) is 5.88. The van der Waals surface area contributed by atoms with E-state index in [0.29, 0.717) is 12.5 Å². The Kier molecular flexibility index (Phi) is 5.87. The molecule has 0 aliphatic rings. The molecule has 0 aromatic carbocycles. The van der Waals surface area contributed by atoms with Crippen LogP contribution in [0.15, 0.2) is 11.2 Å². The van der Waals surface area contributed by atoms with Crippen molar-refractivity contribution in [2.45, 2.75) is 31.5 Å². The molecule has 0 saturated carbocycles. The minimum atomic E-state index is -0.0389. The Morgan fingerprint density at radius 1 is 1.37 bits per heavy atom. The lowest BCUT2D eigenvalue weighted by Crippen LogP contribution is -2.43. The van der Waals surface area contributed by atoms with E-state index < -0.39 is 0 Å². The van der Waals surface area contributed by atoms with Gasteiger partial charge in [-0.25, -0.2) is 4.98 Å². The maximum absolute atomic E-state index is 5.82. The first-order chi connectivity index (χ1) is 8.89. The molecule has 0 aliphatic carbocycles. The number of nitrogens with one attached hydrogen (secondary N) is 1. The van der Waals surface area contributed by atoms with Gasteiger partial charge in [0.05, 0.1) is 0 Å². The van der Waals surface area contributed by atoms with Gasteiger partial charge in [0.2, 0.25) is 5.88 Å². The largest absolute Gasteiger partial charge is 0.476 e. The van der Waals surface area contributed by atoms with Gasteiger partial charge in [0.25, 0.3) is 0 Å². The number of hydrogen-bond donors (Lipinski definition) is 1. The van der Waals surface area contributed by atoms with Gasteiger partial charge >= 0.3 is 0 Å². The Bertz CT molecular complexity index is 410. The van der Waals surface area contributed by atoms with Crippen LogP contribution in [0.4, 0.5) is 5.82 Å². The predicted octanol–water partition coefficient (Wildman–Crippen LogP) is 2.35. The van der Waals surface area contributed by atoms with E-state index in [9.17, 15) is 0 Å². The van der Waals surface area contributed by atoms with Gasteiger partial charge in [-0.15, -0.1) is 0 Å². The summed E-state index contributed by atoms with van der Waals surface area (Å²) < 4.78 is 5.82. The van der Waals surface area contributed by atoms with Gasteiger partial charge in [-0.2, -0.15) is 4.98 Å². The van der Waals surface area contributed by atoms with Crippen LogP contribution in [0.2, 0.25) is 0 Å². The van der Waals surface area contributed by atoms with Crippen molar-refractivity contribution < 1.29 is 4.74 Å². The summed E-state index contributed by atoms with van der Waals surface area (Å²) in [5.41, 5.74) is -0.0389. The molecule has 108 valence electrons. The number of aromatic nitrogens is 2. The fourth-order valence-corrected chi connectivity index (χ4v) is 1.59. The zero-order chi connectivity index (χ0) is 14.5. The minimum Gasteiger partial charge on any atom is -0.476 e. The van der Waals surface area contributed by atoms with Crippen LogP contribution in [0, 0.1) is 0 Å². The third-order valence-corrected chi connectivity index (χ3v) is 3.55. The number of nitrogens with zero attached hydrogens (tertiary/aromatic N) is 3. The number of thioether (sulfide) groups is 1. The van der Waals surface area contributed by atoms with Gasteiger partial charge < -0.3 is 15.0 Å². The Morgan fingerprint density at radius 2 is 2.05 bits per heavy atom. The first-order valence-electron chi connectivity index (χ1n) is 6.36. The highest BCUT2D eigenvalue weighted by molar-refractivity contribution is 7.98.